The number of rotatable bonds is 3. The number of nitrogens with zero attached hydrogens (tertiary/aromatic N) is 2. The number of nitrogens with one attached hydrogen (secondary N) is 1. The first-order valence-electron chi connectivity index (χ1n) is 4.67. The van der Waals surface area contributed by atoms with E-state index < -0.39 is 0 Å². The molecule has 1 aromatic heterocycles. The van der Waals surface area contributed by atoms with Gasteiger partial charge in [-0.2, -0.15) is 0 Å². The lowest BCUT2D eigenvalue weighted by molar-refractivity contribution is 1.15. The molecule has 0 aliphatic heterocycles. The number of hydrogen-bond donors (Lipinski definition) is 1. The van der Waals surface area contributed by atoms with Gasteiger partial charge < -0.3 is 5.32 Å². The lowest BCUT2D eigenvalue weighted by atomic mass is 10.2. The molecule has 0 bridgehead atoms. The quantitative estimate of drug-likeness (QED) is 0.683. The Morgan fingerprint density at radius 2 is 2.00 bits per heavy atom. The molecular weight excluding hydrogens is 336 g/mol. The average Bonchev–Trinajstić information content (AvgIpc) is 2.32. The number of aromatic nitrogens is 2. The summed E-state index contributed by atoms with van der Waals surface area (Å²) in [6.07, 6.45) is 3.53. The van der Waals surface area contributed by atoms with E-state index in [1.165, 1.54) is 0 Å². The molecule has 0 amide bonds. The standard InChI is InChI=1S/C11H9ClIN3/c12-5-8-2-1-3-10(4-8)16-11-14-6-9(13)7-15-11/h1-4,6-7H,5H2,(H,14,15,16). The van der Waals surface area contributed by atoms with Gasteiger partial charge in [0.1, 0.15) is 0 Å². The van der Waals surface area contributed by atoms with Gasteiger partial charge in [-0.15, -0.1) is 11.6 Å². The van der Waals surface area contributed by atoms with Crippen molar-refractivity contribution >= 4 is 45.8 Å². The van der Waals surface area contributed by atoms with E-state index in [1.54, 1.807) is 12.4 Å². The van der Waals surface area contributed by atoms with Crippen LogP contribution in [0.25, 0.3) is 0 Å². The highest BCUT2D eigenvalue weighted by Crippen LogP contribution is 2.15. The Hall–Kier alpha value is -0.880. The van der Waals surface area contributed by atoms with Gasteiger partial charge in [-0.25, -0.2) is 9.97 Å². The zero-order valence-corrected chi connectivity index (χ0v) is 11.2. The minimum atomic E-state index is 0.503. The van der Waals surface area contributed by atoms with Crippen molar-refractivity contribution in [1.29, 1.82) is 0 Å². The van der Waals surface area contributed by atoms with Crippen LogP contribution >= 0.6 is 34.2 Å². The van der Waals surface area contributed by atoms with Gasteiger partial charge in [0.15, 0.2) is 0 Å². The summed E-state index contributed by atoms with van der Waals surface area (Å²) in [6.45, 7) is 0. The van der Waals surface area contributed by atoms with Crippen LogP contribution in [0.2, 0.25) is 0 Å². The van der Waals surface area contributed by atoms with Crippen molar-refractivity contribution in [3.63, 3.8) is 0 Å². The van der Waals surface area contributed by atoms with Gasteiger partial charge in [0.25, 0.3) is 0 Å². The zero-order chi connectivity index (χ0) is 11.4. The zero-order valence-electron chi connectivity index (χ0n) is 8.32. The summed E-state index contributed by atoms with van der Waals surface area (Å²) in [6, 6.07) is 7.87. The highest BCUT2D eigenvalue weighted by Gasteiger charge is 1.98. The van der Waals surface area contributed by atoms with E-state index in [9.17, 15) is 0 Å². The molecule has 1 heterocycles. The van der Waals surface area contributed by atoms with Crippen LogP contribution < -0.4 is 5.32 Å². The third kappa shape index (κ3) is 3.05. The highest BCUT2D eigenvalue weighted by molar-refractivity contribution is 14.1. The smallest absolute Gasteiger partial charge is 0.227 e. The van der Waals surface area contributed by atoms with Gasteiger partial charge in [0.05, 0.1) is 0 Å². The maximum atomic E-state index is 5.76. The second kappa shape index (κ2) is 5.45. The lowest BCUT2D eigenvalue weighted by Gasteiger charge is -2.05. The van der Waals surface area contributed by atoms with Crippen molar-refractivity contribution in [1.82, 2.24) is 9.97 Å². The summed E-state index contributed by atoms with van der Waals surface area (Å²) >= 11 is 7.93. The Balaban J connectivity index is 2.16. The molecule has 0 spiro atoms. The fraction of sp³-hybridized carbons (Fsp3) is 0.0909. The SMILES string of the molecule is ClCc1cccc(Nc2ncc(I)cn2)c1. The molecule has 0 saturated heterocycles. The maximum absolute atomic E-state index is 5.76. The number of anilines is 2. The van der Waals surface area contributed by atoms with Crippen LogP contribution in [0.15, 0.2) is 36.7 Å². The van der Waals surface area contributed by atoms with E-state index in [0.29, 0.717) is 11.8 Å². The largest absolute Gasteiger partial charge is 0.324 e. The van der Waals surface area contributed by atoms with Crippen LogP contribution in [0.3, 0.4) is 0 Å². The van der Waals surface area contributed by atoms with E-state index in [0.717, 1.165) is 14.8 Å². The van der Waals surface area contributed by atoms with Gasteiger partial charge in [0.2, 0.25) is 5.95 Å². The van der Waals surface area contributed by atoms with E-state index in [1.807, 2.05) is 24.3 Å². The van der Waals surface area contributed by atoms with Crippen molar-refractivity contribution in [2.45, 2.75) is 5.88 Å². The second-order valence-electron chi connectivity index (χ2n) is 3.18. The molecule has 0 unspecified atom stereocenters. The Morgan fingerprint density at radius 3 is 2.69 bits per heavy atom. The summed E-state index contributed by atoms with van der Waals surface area (Å²) in [4.78, 5) is 8.33. The molecule has 1 aromatic carbocycles. The van der Waals surface area contributed by atoms with E-state index in [2.05, 4.69) is 37.9 Å². The monoisotopic (exact) mass is 345 g/mol. The molecule has 0 aliphatic carbocycles. The average molecular weight is 346 g/mol. The van der Waals surface area contributed by atoms with Crippen molar-refractivity contribution in [3.8, 4) is 0 Å². The van der Waals surface area contributed by atoms with Crippen LogP contribution in [0.1, 0.15) is 5.56 Å². The van der Waals surface area contributed by atoms with Crippen molar-refractivity contribution in [2.24, 2.45) is 0 Å². The van der Waals surface area contributed by atoms with E-state index in [-0.39, 0.29) is 0 Å². The predicted molar refractivity (Wildman–Crippen MR) is 74.0 cm³/mol. The molecule has 5 heteroatoms. The molecule has 82 valence electrons. The summed E-state index contributed by atoms with van der Waals surface area (Å²) < 4.78 is 1.01. The third-order valence-corrected chi connectivity index (χ3v) is 2.82. The third-order valence-electron chi connectivity index (χ3n) is 1.96. The molecular formula is C11H9ClIN3. The van der Waals surface area contributed by atoms with Crippen molar-refractivity contribution in [3.05, 3.63) is 45.8 Å². The Morgan fingerprint density at radius 1 is 1.25 bits per heavy atom. The Labute approximate surface area is 112 Å². The van der Waals surface area contributed by atoms with Gasteiger partial charge in [-0.1, -0.05) is 12.1 Å². The lowest BCUT2D eigenvalue weighted by Crippen LogP contribution is -1.97. The summed E-state index contributed by atoms with van der Waals surface area (Å²) in [7, 11) is 0. The minimum absolute atomic E-state index is 0.503. The van der Waals surface area contributed by atoms with Crippen molar-refractivity contribution < 1.29 is 0 Å². The summed E-state index contributed by atoms with van der Waals surface area (Å²) in [5.41, 5.74) is 2.01. The molecule has 3 nitrogen and oxygen atoms in total. The van der Waals surface area contributed by atoms with Crippen LogP contribution in [-0.2, 0) is 5.88 Å². The fourth-order valence-corrected chi connectivity index (χ4v) is 1.68. The van der Waals surface area contributed by atoms with Gasteiger partial charge in [-0.3, -0.25) is 0 Å². The first-order chi connectivity index (χ1) is 7.78. The Kier molecular flexibility index (Phi) is 3.95. The fourth-order valence-electron chi connectivity index (χ4n) is 1.24. The van der Waals surface area contributed by atoms with Crippen LogP contribution in [-0.4, -0.2) is 9.97 Å². The first kappa shape index (κ1) is 11.6. The number of halogens is 2. The molecule has 1 N–H and O–H groups in total. The molecule has 0 fully saturated rings. The summed E-state index contributed by atoms with van der Waals surface area (Å²) in [5.74, 6) is 1.09. The summed E-state index contributed by atoms with van der Waals surface area (Å²) in [5, 5.41) is 3.12. The maximum Gasteiger partial charge on any atom is 0.227 e. The Bertz CT molecular complexity index is 473. The predicted octanol–water partition coefficient (Wildman–Crippen LogP) is 3.56. The number of benzene rings is 1. The molecule has 0 atom stereocenters. The van der Waals surface area contributed by atoms with Crippen LogP contribution in [0.4, 0.5) is 11.6 Å². The van der Waals surface area contributed by atoms with E-state index in [4.69, 9.17) is 11.6 Å². The molecule has 2 aromatic rings. The number of hydrogen-bond acceptors (Lipinski definition) is 3. The van der Waals surface area contributed by atoms with Crippen molar-refractivity contribution in [2.75, 3.05) is 5.32 Å². The van der Waals surface area contributed by atoms with E-state index >= 15 is 0 Å². The number of alkyl halides is 1. The second-order valence-corrected chi connectivity index (χ2v) is 4.70. The first-order valence-corrected chi connectivity index (χ1v) is 6.29. The molecule has 16 heavy (non-hydrogen) atoms. The van der Waals surface area contributed by atoms with Gasteiger partial charge >= 0.3 is 0 Å². The van der Waals surface area contributed by atoms with Gasteiger partial charge in [0, 0.05) is 27.5 Å². The molecule has 0 saturated carbocycles. The van der Waals surface area contributed by atoms with Crippen LogP contribution in [0.5, 0.6) is 0 Å². The normalized spacial score (nSPS) is 10.1. The van der Waals surface area contributed by atoms with Crippen LogP contribution in [0, 0.1) is 3.57 Å². The highest BCUT2D eigenvalue weighted by atomic mass is 127. The molecule has 2 rings (SSSR count). The topological polar surface area (TPSA) is 37.8 Å². The molecule has 0 radical (unpaired) electrons. The van der Waals surface area contributed by atoms with Gasteiger partial charge in [-0.05, 0) is 40.3 Å². The minimum Gasteiger partial charge on any atom is -0.324 e. The molecule has 0 aliphatic rings.